The van der Waals surface area contributed by atoms with Gasteiger partial charge >= 0.3 is 0 Å². The second-order valence-corrected chi connectivity index (χ2v) is 11.6. The molecular formula is C42H24O2. The molecule has 2 heteroatoms. The molecule has 0 amide bonds. The predicted molar refractivity (Wildman–Crippen MR) is 184 cm³/mol. The highest BCUT2D eigenvalue weighted by molar-refractivity contribution is 6.28. The lowest BCUT2D eigenvalue weighted by molar-refractivity contribution is 0.669. The minimum absolute atomic E-state index is 0.905. The van der Waals surface area contributed by atoms with Crippen molar-refractivity contribution in [3.63, 3.8) is 0 Å². The number of benzene rings is 8. The largest absolute Gasteiger partial charge is 0.456 e. The third-order valence-corrected chi connectivity index (χ3v) is 9.25. The van der Waals surface area contributed by atoms with Crippen molar-refractivity contribution in [1.82, 2.24) is 0 Å². The standard InChI is InChI=1S/C42H24O2/c1-2-13-29-26(11-1)35(24-39-42(29)34-18-8-10-20-37(34)44-39)41-32-16-5-3-14-30(32)40(31-15-4-6-17-33(31)41)25-21-22-28-27-12-7-9-19-36(27)43-38(28)23-25/h1-24H. The second-order valence-electron chi connectivity index (χ2n) is 11.6. The van der Waals surface area contributed by atoms with Crippen molar-refractivity contribution >= 4 is 76.2 Å². The maximum Gasteiger partial charge on any atom is 0.136 e. The molecule has 8 aromatic carbocycles. The molecule has 10 aromatic rings. The Balaban J connectivity index is 1.34. The van der Waals surface area contributed by atoms with Gasteiger partial charge in [-0.3, -0.25) is 0 Å². The molecule has 2 nitrogen and oxygen atoms in total. The van der Waals surface area contributed by atoms with Gasteiger partial charge in [-0.25, -0.2) is 0 Å². The first-order valence-electron chi connectivity index (χ1n) is 15.0. The minimum atomic E-state index is 0.905. The maximum absolute atomic E-state index is 6.50. The highest BCUT2D eigenvalue weighted by Crippen LogP contribution is 2.48. The minimum Gasteiger partial charge on any atom is -0.456 e. The van der Waals surface area contributed by atoms with Crippen molar-refractivity contribution in [1.29, 1.82) is 0 Å². The Labute approximate surface area is 252 Å². The van der Waals surface area contributed by atoms with Crippen LogP contribution < -0.4 is 0 Å². The summed E-state index contributed by atoms with van der Waals surface area (Å²) in [6, 6.07) is 51.9. The van der Waals surface area contributed by atoms with Gasteiger partial charge in [0, 0.05) is 21.5 Å². The Hall–Kier alpha value is -5.86. The van der Waals surface area contributed by atoms with Crippen molar-refractivity contribution in [2.24, 2.45) is 0 Å². The maximum atomic E-state index is 6.50. The van der Waals surface area contributed by atoms with Gasteiger partial charge in [-0.05, 0) is 84.9 Å². The molecule has 44 heavy (non-hydrogen) atoms. The second kappa shape index (κ2) is 8.82. The molecule has 0 aliphatic heterocycles. The van der Waals surface area contributed by atoms with Crippen molar-refractivity contribution in [2.75, 3.05) is 0 Å². The van der Waals surface area contributed by atoms with Gasteiger partial charge in [0.2, 0.25) is 0 Å². The van der Waals surface area contributed by atoms with Crippen molar-refractivity contribution < 1.29 is 8.83 Å². The molecule has 0 aliphatic rings. The fourth-order valence-electron chi connectivity index (χ4n) is 7.41. The summed E-state index contributed by atoms with van der Waals surface area (Å²) in [6.07, 6.45) is 0. The van der Waals surface area contributed by atoms with Gasteiger partial charge in [0.15, 0.2) is 0 Å². The van der Waals surface area contributed by atoms with Crippen molar-refractivity contribution in [2.45, 2.75) is 0 Å². The van der Waals surface area contributed by atoms with E-state index < -0.39 is 0 Å². The zero-order chi connectivity index (χ0) is 28.8. The molecular weight excluding hydrogens is 536 g/mol. The zero-order valence-corrected chi connectivity index (χ0v) is 23.7. The molecule has 2 heterocycles. The van der Waals surface area contributed by atoms with Gasteiger partial charge in [-0.15, -0.1) is 0 Å². The molecule has 0 N–H and O–H groups in total. The molecule has 0 spiro atoms. The monoisotopic (exact) mass is 560 g/mol. The molecule has 0 bridgehead atoms. The van der Waals surface area contributed by atoms with E-state index in [4.69, 9.17) is 8.83 Å². The number of fused-ring (bicyclic) bond motifs is 10. The summed E-state index contributed by atoms with van der Waals surface area (Å²) in [5.41, 5.74) is 8.41. The summed E-state index contributed by atoms with van der Waals surface area (Å²) in [5, 5.41) is 11.9. The molecule has 0 atom stereocenters. The van der Waals surface area contributed by atoms with E-state index in [1.165, 1.54) is 54.4 Å². The van der Waals surface area contributed by atoms with Gasteiger partial charge in [0.1, 0.15) is 22.3 Å². The Morgan fingerprint density at radius 1 is 0.295 bits per heavy atom. The van der Waals surface area contributed by atoms with Crippen LogP contribution in [0.2, 0.25) is 0 Å². The third kappa shape index (κ3) is 3.20. The Morgan fingerprint density at radius 3 is 1.45 bits per heavy atom. The molecule has 0 aliphatic carbocycles. The van der Waals surface area contributed by atoms with Gasteiger partial charge in [0.25, 0.3) is 0 Å². The summed E-state index contributed by atoms with van der Waals surface area (Å²) >= 11 is 0. The molecule has 0 fully saturated rings. The lowest BCUT2D eigenvalue weighted by atomic mass is 9.84. The molecule has 0 saturated heterocycles. The van der Waals surface area contributed by atoms with Gasteiger partial charge in [-0.1, -0.05) is 115 Å². The van der Waals surface area contributed by atoms with Crippen LogP contribution >= 0.6 is 0 Å². The first-order valence-corrected chi connectivity index (χ1v) is 15.0. The van der Waals surface area contributed by atoms with E-state index in [1.54, 1.807) is 0 Å². The number of furan rings is 2. The fraction of sp³-hybridized carbons (Fsp3) is 0. The summed E-state index contributed by atoms with van der Waals surface area (Å²) in [5.74, 6) is 0. The van der Waals surface area contributed by atoms with E-state index in [1.807, 2.05) is 18.2 Å². The van der Waals surface area contributed by atoms with Crippen LogP contribution in [0.25, 0.3) is 98.4 Å². The predicted octanol–water partition coefficient (Wildman–Crippen LogP) is 12.3. The van der Waals surface area contributed by atoms with Gasteiger partial charge < -0.3 is 8.83 Å². The lowest BCUT2D eigenvalue weighted by Crippen LogP contribution is -1.92. The molecule has 10 rings (SSSR count). The van der Waals surface area contributed by atoms with E-state index in [9.17, 15) is 0 Å². The average molecular weight is 561 g/mol. The quantitative estimate of drug-likeness (QED) is 0.197. The number of rotatable bonds is 2. The van der Waals surface area contributed by atoms with Crippen LogP contribution in [0, 0.1) is 0 Å². The summed E-state index contributed by atoms with van der Waals surface area (Å²) in [4.78, 5) is 0. The van der Waals surface area contributed by atoms with E-state index in [0.29, 0.717) is 0 Å². The first kappa shape index (κ1) is 23.7. The normalized spacial score (nSPS) is 12.1. The van der Waals surface area contributed by atoms with Crippen LogP contribution in [0.1, 0.15) is 0 Å². The summed E-state index contributed by atoms with van der Waals surface area (Å²) < 4.78 is 12.8. The van der Waals surface area contributed by atoms with Crippen molar-refractivity contribution in [3.05, 3.63) is 146 Å². The average Bonchev–Trinajstić information content (AvgIpc) is 3.65. The summed E-state index contributed by atoms with van der Waals surface area (Å²) in [7, 11) is 0. The van der Waals surface area contributed by atoms with E-state index >= 15 is 0 Å². The highest BCUT2D eigenvalue weighted by atomic mass is 16.3. The number of hydrogen-bond acceptors (Lipinski definition) is 2. The topological polar surface area (TPSA) is 26.3 Å². The molecule has 0 unspecified atom stereocenters. The van der Waals surface area contributed by atoms with E-state index in [2.05, 4.69) is 127 Å². The number of hydrogen-bond donors (Lipinski definition) is 0. The SMILES string of the molecule is c1ccc2c(c1)oc1cc(-c3c4ccccc4c(-c4cc5oc6ccccc6c5c5ccccc45)c4ccccc34)ccc12. The van der Waals surface area contributed by atoms with Crippen LogP contribution in [0.3, 0.4) is 0 Å². The first-order chi connectivity index (χ1) is 21.8. The third-order valence-electron chi connectivity index (χ3n) is 9.25. The summed E-state index contributed by atoms with van der Waals surface area (Å²) in [6.45, 7) is 0. The highest BCUT2D eigenvalue weighted by Gasteiger charge is 2.21. The number of para-hydroxylation sites is 2. The van der Waals surface area contributed by atoms with Crippen LogP contribution in [0.5, 0.6) is 0 Å². The van der Waals surface area contributed by atoms with Crippen LogP contribution in [-0.2, 0) is 0 Å². The van der Waals surface area contributed by atoms with E-state index in [0.717, 1.165) is 44.1 Å². The lowest BCUT2D eigenvalue weighted by Gasteiger charge is -2.19. The van der Waals surface area contributed by atoms with Crippen LogP contribution in [0.4, 0.5) is 0 Å². The Kier molecular flexibility index (Phi) is 4.75. The zero-order valence-electron chi connectivity index (χ0n) is 23.7. The molecule has 0 saturated carbocycles. The smallest absolute Gasteiger partial charge is 0.136 e. The Bertz CT molecular complexity index is 2720. The Morgan fingerprint density at radius 2 is 0.773 bits per heavy atom. The fourth-order valence-corrected chi connectivity index (χ4v) is 7.41. The van der Waals surface area contributed by atoms with Crippen LogP contribution in [-0.4, -0.2) is 0 Å². The van der Waals surface area contributed by atoms with Crippen molar-refractivity contribution in [3.8, 4) is 22.3 Å². The molecule has 204 valence electrons. The van der Waals surface area contributed by atoms with Gasteiger partial charge in [-0.2, -0.15) is 0 Å². The van der Waals surface area contributed by atoms with Gasteiger partial charge in [0.05, 0.1) is 0 Å². The molecule has 2 aromatic heterocycles. The molecule has 0 radical (unpaired) electrons. The van der Waals surface area contributed by atoms with E-state index in [-0.39, 0.29) is 0 Å². The van der Waals surface area contributed by atoms with Crippen LogP contribution in [0.15, 0.2) is 154 Å².